The van der Waals surface area contributed by atoms with Crippen molar-refractivity contribution in [3.05, 3.63) is 59.2 Å². The van der Waals surface area contributed by atoms with Crippen molar-refractivity contribution in [3.8, 4) is 0 Å². The van der Waals surface area contributed by atoms with Crippen LogP contribution in [-0.2, 0) is 6.54 Å². The van der Waals surface area contributed by atoms with E-state index in [0.717, 1.165) is 22.1 Å². The van der Waals surface area contributed by atoms with Gasteiger partial charge in [-0.3, -0.25) is 0 Å². The second-order valence-corrected chi connectivity index (χ2v) is 5.11. The normalized spacial score (nSPS) is 10.7. The molecule has 0 aromatic heterocycles. The molecule has 18 heavy (non-hydrogen) atoms. The monoisotopic (exact) mass is 265 g/mol. The predicted molar refractivity (Wildman–Crippen MR) is 69.6 cm³/mol. The van der Waals surface area contributed by atoms with E-state index < -0.39 is 11.6 Å². The average Bonchev–Trinajstić information content (AvgIpc) is 2.36. The second-order valence-electron chi connectivity index (χ2n) is 3.99. The first-order valence-electron chi connectivity index (χ1n) is 5.52. The largest absolute Gasteiger partial charge is 0.326 e. The van der Waals surface area contributed by atoms with Crippen molar-refractivity contribution in [3.63, 3.8) is 0 Å². The first kappa shape index (κ1) is 13.1. The maximum atomic E-state index is 13.1. The highest BCUT2D eigenvalue weighted by Gasteiger charge is 2.07. The van der Waals surface area contributed by atoms with Gasteiger partial charge in [0.2, 0.25) is 0 Å². The highest BCUT2D eigenvalue weighted by atomic mass is 32.2. The van der Waals surface area contributed by atoms with Crippen molar-refractivity contribution in [1.29, 1.82) is 0 Å². The van der Waals surface area contributed by atoms with E-state index in [-0.39, 0.29) is 0 Å². The molecule has 1 nitrogen and oxygen atoms in total. The SMILES string of the molecule is Cc1ccc(Sc2ccc(F)c(F)c2)c(CN)c1. The summed E-state index contributed by atoms with van der Waals surface area (Å²) in [5.41, 5.74) is 7.81. The zero-order chi connectivity index (χ0) is 13.1. The Balaban J connectivity index is 2.30. The van der Waals surface area contributed by atoms with Gasteiger partial charge in [0.05, 0.1) is 0 Å². The Morgan fingerprint density at radius 3 is 2.50 bits per heavy atom. The lowest BCUT2D eigenvalue weighted by molar-refractivity contribution is 0.506. The Bertz CT molecular complexity index is 570. The Kier molecular flexibility index (Phi) is 3.99. The molecule has 0 saturated carbocycles. The van der Waals surface area contributed by atoms with E-state index in [1.54, 1.807) is 6.07 Å². The smallest absolute Gasteiger partial charge is 0.159 e. The van der Waals surface area contributed by atoms with Gasteiger partial charge in [-0.2, -0.15) is 0 Å². The lowest BCUT2D eigenvalue weighted by Crippen LogP contribution is -1.98. The highest BCUT2D eigenvalue weighted by Crippen LogP contribution is 2.31. The van der Waals surface area contributed by atoms with E-state index in [1.807, 2.05) is 25.1 Å². The summed E-state index contributed by atoms with van der Waals surface area (Å²) in [5, 5.41) is 0. The molecule has 0 radical (unpaired) electrons. The highest BCUT2D eigenvalue weighted by molar-refractivity contribution is 7.99. The van der Waals surface area contributed by atoms with E-state index in [2.05, 4.69) is 0 Å². The Morgan fingerprint density at radius 2 is 1.83 bits per heavy atom. The molecule has 2 aromatic carbocycles. The summed E-state index contributed by atoms with van der Waals surface area (Å²) in [7, 11) is 0. The molecular formula is C14H13F2NS. The van der Waals surface area contributed by atoms with Gasteiger partial charge in [0.1, 0.15) is 0 Å². The van der Waals surface area contributed by atoms with Gasteiger partial charge in [-0.05, 0) is 36.8 Å². The van der Waals surface area contributed by atoms with Crippen LogP contribution in [0.5, 0.6) is 0 Å². The van der Waals surface area contributed by atoms with E-state index in [1.165, 1.54) is 17.8 Å². The molecule has 2 rings (SSSR count). The molecular weight excluding hydrogens is 252 g/mol. The van der Waals surface area contributed by atoms with Crippen LogP contribution in [0.25, 0.3) is 0 Å². The third kappa shape index (κ3) is 2.89. The maximum absolute atomic E-state index is 13.1. The number of hydrogen-bond acceptors (Lipinski definition) is 2. The Labute approximate surface area is 109 Å². The summed E-state index contributed by atoms with van der Waals surface area (Å²) in [6.07, 6.45) is 0. The first-order valence-corrected chi connectivity index (χ1v) is 6.34. The molecule has 0 atom stereocenters. The summed E-state index contributed by atoms with van der Waals surface area (Å²) in [5.74, 6) is -1.66. The van der Waals surface area contributed by atoms with Gasteiger partial charge in [-0.25, -0.2) is 8.78 Å². The van der Waals surface area contributed by atoms with Crippen LogP contribution >= 0.6 is 11.8 Å². The molecule has 0 bridgehead atoms. The molecule has 4 heteroatoms. The van der Waals surface area contributed by atoms with Crippen molar-refractivity contribution in [2.75, 3.05) is 0 Å². The number of benzene rings is 2. The molecule has 0 amide bonds. The minimum atomic E-state index is -0.832. The number of aryl methyl sites for hydroxylation is 1. The fourth-order valence-electron chi connectivity index (χ4n) is 1.63. The number of nitrogens with two attached hydrogens (primary N) is 1. The van der Waals surface area contributed by atoms with Gasteiger partial charge in [-0.15, -0.1) is 0 Å². The second kappa shape index (κ2) is 5.50. The Morgan fingerprint density at radius 1 is 1.06 bits per heavy atom. The zero-order valence-corrected chi connectivity index (χ0v) is 10.7. The average molecular weight is 265 g/mol. The minimum Gasteiger partial charge on any atom is -0.326 e. The molecule has 2 N–H and O–H groups in total. The van der Waals surface area contributed by atoms with Crippen LogP contribution in [0.4, 0.5) is 8.78 Å². The fraction of sp³-hybridized carbons (Fsp3) is 0.143. The minimum absolute atomic E-state index is 0.424. The standard InChI is InChI=1S/C14H13F2NS/c1-9-2-5-14(10(6-9)8-17)18-11-3-4-12(15)13(16)7-11/h2-7H,8,17H2,1H3. The summed E-state index contributed by atoms with van der Waals surface area (Å²) in [6, 6.07) is 9.81. The third-order valence-electron chi connectivity index (χ3n) is 2.55. The van der Waals surface area contributed by atoms with Gasteiger partial charge in [0.15, 0.2) is 11.6 Å². The van der Waals surface area contributed by atoms with E-state index in [9.17, 15) is 8.78 Å². The fourth-order valence-corrected chi connectivity index (χ4v) is 2.60. The van der Waals surface area contributed by atoms with Crippen LogP contribution in [0.15, 0.2) is 46.2 Å². The predicted octanol–water partition coefficient (Wildman–Crippen LogP) is 3.88. The summed E-state index contributed by atoms with van der Waals surface area (Å²) < 4.78 is 25.9. The van der Waals surface area contributed by atoms with Crippen molar-refractivity contribution in [2.24, 2.45) is 5.73 Å². The van der Waals surface area contributed by atoms with Crippen LogP contribution in [0.2, 0.25) is 0 Å². The van der Waals surface area contributed by atoms with E-state index in [0.29, 0.717) is 11.4 Å². The molecule has 0 aliphatic rings. The number of hydrogen-bond donors (Lipinski definition) is 1. The van der Waals surface area contributed by atoms with Crippen molar-refractivity contribution in [2.45, 2.75) is 23.3 Å². The molecule has 0 spiro atoms. The summed E-state index contributed by atoms with van der Waals surface area (Å²) in [6.45, 7) is 2.42. The molecule has 0 heterocycles. The maximum Gasteiger partial charge on any atom is 0.159 e. The van der Waals surface area contributed by atoms with Gasteiger partial charge >= 0.3 is 0 Å². The molecule has 0 fully saturated rings. The lowest BCUT2D eigenvalue weighted by Gasteiger charge is -2.08. The van der Waals surface area contributed by atoms with Crippen molar-refractivity contribution < 1.29 is 8.78 Å². The number of rotatable bonds is 3. The molecule has 94 valence electrons. The van der Waals surface area contributed by atoms with E-state index >= 15 is 0 Å². The van der Waals surface area contributed by atoms with Crippen LogP contribution in [0.3, 0.4) is 0 Å². The van der Waals surface area contributed by atoms with Crippen LogP contribution in [0, 0.1) is 18.6 Å². The molecule has 0 saturated heterocycles. The quantitative estimate of drug-likeness (QED) is 0.911. The van der Waals surface area contributed by atoms with Gasteiger partial charge in [0, 0.05) is 16.3 Å². The molecule has 0 aliphatic heterocycles. The van der Waals surface area contributed by atoms with Gasteiger partial charge in [0.25, 0.3) is 0 Å². The summed E-state index contributed by atoms with van der Waals surface area (Å²) >= 11 is 1.38. The van der Waals surface area contributed by atoms with Crippen LogP contribution in [-0.4, -0.2) is 0 Å². The third-order valence-corrected chi connectivity index (χ3v) is 3.66. The van der Waals surface area contributed by atoms with Crippen LogP contribution < -0.4 is 5.73 Å². The lowest BCUT2D eigenvalue weighted by atomic mass is 10.1. The van der Waals surface area contributed by atoms with Gasteiger partial charge in [-0.1, -0.05) is 29.5 Å². The molecule has 0 aliphatic carbocycles. The zero-order valence-electron chi connectivity index (χ0n) is 9.91. The van der Waals surface area contributed by atoms with Crippen LogP contribution in [0.1, 0.15) is 11.1 Å². The number of halogens is 2. The Hall–Kier alpha value is -1.39. The van der Waals surface area contributed by atoms with E-state index in [4.69, 9.17) is 5.73 Å². The van der Waals surface area contributed by atoms with Gasteiger partial charge < -0.3 is 5.73 Å². The first-order chi connectivity index (χ1) is 8.60. The topological polar surface area (TPSA) is 26.0 Å². The van der Waals surface area contributed by atoms with Crippen molar-refractivity contribution >= 4 is 11.8 Å². The molecule has 2 aromatic rings. The van der Waals surface area contributed by atoms with Crippen molar-refractivity contribution in [1.82, 2.24) is 0 Å². The molecule has 0 unspecified atom stereocenters. The summed E-state index contributed by atoms with van der Waals surface area (Å²) in [4.78, 5) is 1.63.